The first kappa shape index (κ1) is 17.8. The lowest BCUT2D eigenvalue weighted by atomic mass is 9.87. The van der Waals surface area contributed by atoms with Gasteiger partial charge in [0.25, 0.3) is 0 Å². The van der Waals surface area contributed by atoms with Crippen LogP contribution in [-0.2, 0) is 28.9 Å². The number of nitrogens with zero attached hydrogens (tertiary/aromatic N) is 1. The molecule has 2 heterocycles. The molecule has 2 amide bonds. The van der Waals surface area contributed by atoms with Crippen molar-refractivity contribution in [3.63, 3.8) is 0 Å². The van der Waals surface area contributed by atoms with Gasteiger partial charge < -0.3 is 15.6 Å². The number of fused-ring (bicyclic) bond motifs is 3. The molecule has 6 heteroatoms. The number of aryl methyl sites for hydroxylation is 2. The molecule has 0 radical (unpaired) electrons. The minimum absolute atomic E-state index is 0.0127. The summed E-state index contributed by atoms with van der Waals surface area (Å²) >= 11 is 0. The van der Waals surface area contributed by atoms with Gasteiger partial charge in [0.1, 0.15) is 5.82 Å². The molecule has 0 spiro atoms. The van der Waals surface area contributed by atoms with Crippen LogP contribution in [0.2, 0.25) is 0 Å². The number of aromatic amines is 1. The number of hydrogen-bond donors (Lipinski definition) is 2. The molecule has 0 bridgehead atoms. The zero-order valence-corrected chi connectivity index (χ0v) is 15.3. The first-order valence-corrected chi connectivity index (χ1v) is 9.54. The summed E-state index contributed by atoms with van der Waals surface area (Å²) in [6, 6.07) is 1.45. The molecule has 3 N–H and O–H groups in total. The summed E-state index contributed by atoms with van der Waals surface area (Å²) in [6.45, 7) is 4.64. The molecule has 2 aromatic rings. The van der Waals surface area contributed by atoms with E-state index in [-0.39, 0.29) is 24.1 Å². The normalized spacial score (nSPS) is 19.3. The summed E-state index contributed by atoms with van der Waals surface area (Å²) in [5.41, 5.74) is 9.83. The molecule has 0 saturated carbocycles. The third-order valence-electron chi connectivity index (χ3n) is 5.89. The van der Waals surface area contributed by atoms with Gasteiger partial charge in [-0.2, -0.15) is 0 Å². The Labute approximate surface area is 157 Å². The molecule has 1 fully saturated rings. The van der Waals surface area contributed by atoms with E-state index in [1.54, 1.807) is 4.90 Å². The van der Waals surface area contributed by atoms with Gasteiger partial charge in [-0.25, -0.2) is 4.39 Å². The lowest BCUT2D eigenvalue weighted by molar-refractivity contribution is -0.125. The maximum Gasteiger partial charge on any atom is 0.245 e. The Balaban J connectivity index is 1.86. The monoisotopic (exact) mass is 369 g/mol. The summed E-state index contributed by atoms with van der Waals surface area (Å²) in [6.07, 6.45) is 6.07. The Morgan fingerprint density at radius 1 is 1.37 bits per heavy atom. The number of likely N-dealkylation sites (tertiary alicyclic amines) is 1. The first-order chi connectivity index (χ1) is 13.0. The fourth-order valence-corrected chi connectivity index (χ4v) is 4.70. The number of rotatable bonds is 4. The summed E-state index contributed by atoms with van der Waals surface area (Å²) in [5, 5.41) is 0.916. The predicted molar refractivity (Wildman–Crippen MR) is 102 cm³/mol. The van der Waals surface area contributed by atoms with Crippen LogP contribution < -0.4 is 5.73 Å². The molecule has 1 aliphatic carbocycles. The second-order valence-corrected chi connectivity index (χ2v) is 7.59. The van der Waals surface area contributed by atoms with Crippen LogP contribution in [0.1, 0.15) is 47.6 Å². The number of amides is 2. The van der Waals surface area contributed by atoms with E-state index in [4.69, 9.17) is 5.73 Å². The fraction of sp³-hybridized carbons (Fsp3) is 0.429. The Morgan fingerprint density at radius 3 is 2.89 bits per heavy atom. The molecular weight excluding hydrogens is 345 g/mol. The van der Waals surface area contributed by atoms with E-state index in [0.29, 0.717) is 24.2 Å². The topological polar surface area (TPSA) is 79.2 Å². The molecule has 1 saturated heterocycles. The second kappa shape index (κ2) is 6.83. The van der Waals surface area contributed by atoms with E-state index in [0.717, 1.165) is 48.7 Å². The van der Waals surface area contributed by atoms with Crippen LogP contribution >= 0.6 is 0 Å². The number of halogens is 1. The highest BCUT2D eigenvalue weighted by Gasteiger charge is 2.32. The van der Waals surface area contributed by atoms with Gasteiger partial charge in [-0.3, -0.25) is 9.59 Å². The number of aromatic nitrogens is 1. The zero-order chi connectivity index (χ0) is 19.1. The van der Waals surface area contributed by atoms with Crippen LogP contribution in [0.25, 0.3) is 10.9 Å². The Morgan fingerprint density at radius 2 is 2.15 bits per heavy atom. The lowest BCUT2D eigenvalue weighted by Crippen LogP contribution is -2.26. The minimum Gasteiger partial charge on any atom is -0.369 e. The molecule has 1 aromatic carbocycles. The van der Waals surface area contributed by atoms with Crippen molar-refractivity contribution >= 4 is 22.7 Å². The van der Waals surface area contributed by atoms with Crippen molar-refractivity contribution in [2.75, 3.05) is 13.1 Å². The van der Waals surface area contributed by atoms with Gasteiger partial charge in [0.2, 0.25) is 11.8 Å². The molecule has 1 unspecified atom stereocenters. The van der Waals surface area contributed by atoms with E-state index < -0.39 is 5.91 Å². The number of nitrogens with one attached hydrogen (secondary N) is 1. The van der Waals surface area contributed by atoms with Gasteiger partial charge in [-0.05, 0) is 55.4 Å². The number of carbonyl (C=O) groups is 2. The van der Waals surface area contributed by atoms with Gasteiger partial charge in [0.05, 0.1) is 11.9 Å². The highest BCUT2D eigenvalue weighted by atomic mass is 19.1. The highest BCUT2D eigenvalue weighted by molar-refractivity contribution is 5.94. The molecule has 2 aliphatic rings. The van der Waals surface area contributed by atoms with Crippen molar-refractivity contribution in [3.8, 4) is 0 Å². The smallest absolute Gasteiger partial charge is 0.245 e. The van der Waals surface area contributed by atoms with E-state index in [1.165, 1.54) is 17.7 Å². The molecule has 1 aliphatic heterocycles. The van der Waals surface area contributed by atoms with E-state index >= 15 is 4.39 Å². The van der Waals surface area contributed by atoms with Crippen LogP contribution in [0.4, 0.5) is 4.39 Å². The molecule has 4 rings (SSSR count). The van der Waals surface area contributed by atoms with Gasteiger partial charge in [0.15, 0.2) is 0 Å². The Bertz CT molecular complexity index is 947. The van der Waals surface area contributed by atoms with Crippen LogP contribution in [0, 0.1) is 5.82 Å². The number of nitrogens with two attached hydrogens (primary N) is 1. The average molecular weight is 369 g/mol. The maximum atomic E-state index is 15.3. The fourth-order valence-electron chi connectivity index (χ4n) is 4.70. The Kier molecular flexibility index (Phi) is 4.50. The van der Waals surface area contributed by atoms with Gasteiger partial charge in [0, 0.05) is 35.7 Å². The predicted octanol–water partition coefficient (Wildman–Crippen LogP) is 2.72. The number of primary amides is 1. The molecule has 1 atom stereocenters. The third kappa shape index (κ3) is 3.03. The van der Waals surface area contributed by atoms with Crippen LogP contribution in [0.5, 0.6) is 0 Å². The van der Waals surface area contributed by atoms with E-state index in [1.807, 2.05) is 0 Å². The molecule has 27 heavy (non-hydrogen) atoms. The van der Waals surface area contributed by atoms with Gasteiger partial charge >= 0.3 is 0 Å². The number of carbonyl (C=O) groups excluding carboxylic acids is 2. The third-order valence-corrected chi connectivity index (χ3v) is 5.89. The van der Waals surface area contributed by atoms with Crippen LogP contribution in [-0.4, -0.2) is 34.8 Å². The SMILES string of the molecule is C=CC(=O)N1CCC(c2c(F)cc(CC(N)=O)c3[nH]c4c(c23)CCCC4)C1. The quantitative estimate of drug-likeness (QED) is 0.813. The number of H-pyrrole nitrogens is 1. The standard InChI is InChI=1S/C21H24FN3O2/c1-2-18(27)25-8-7-12(11-25)19-15(22)9-13(10-17(23)26)21-20(19)14-5-3-4-6-16(14)24-21/h2,9,12,24H,1,3-8,10-11H2,(H2,23,26). The summed E-state index contributed by atoms with van der Waals surface area (Å²) in [4.78, 5) is 28.6. The van der Waals surface area contributed by atoms with Crippen molar-refractivity contribution in [1.29, 1.82) is 0 Å². The van der Waals surface area contributed by atoms with Crippen LogP contribution in [0.3, 0.4) is 0 Å². The summed E-state index contributed by atoms with van der Waals surface area (Å²) < 4.78 is 15.3. The van der Waals surface area contributed by atoms with Crippen molar-refractivity contribution in [3.05, 3.63) is 46.9 Å². The van der Waals surface area contributed by atoms with Crippen molar-refractivity contribution in [2.24, 2.45) is 5.73 Å². The molecular formula is C21H24FN3O2. The second-order valence-electron chi connectivity index (χ2n) is 7.59. The largest absolute Gasteiger partial charge is 0.369 e. The highest BCUT2D eigenvalue weighted by Crippen LogP contribution is 2.40. The lowest BCUT2D eigenvalue weighted by Gasteiger charge is -2.18. The van der Waals surface area contributed by atoms with Crippen LogP contribution in [0.15, 0.2) is 18.7 Å². The van der Waals surface area contributed by atoms with Crippen molar-refractivity contribution in [1.82, 2.24) is 9.88 Å². The maximum absolute atomic E-state index is 15.3. The molecule has 1 aromatic heterocycles. The molecule has 5 nitrogen and oxygen atoms in total. The minimum atomic E-state index is -0.473. The van der Waals surface area contributed by atoms with Crippen molar-refractivity contribution in [2.45, 2.75) is 44.4 Å². The molecule has 142 valence electrons. The van der Waals surface area contributed by atoms with E-state index in [9.17, 15) is 9.59 Å². The van der Waals surface area contributed by atoms with E-state index in [2.05, 4.69) is 11.6 Å². The first-order valence-electron chi connectivity index (χ1n) is 9.54. The van der Waals surface area contributed by atoms with Gasteiger partial charge in [-0.1, -0.05) is 6.58 Å². The zero-order valence-electron chi connectivity index (χ0n) is 15.3. The number of hydrogen-bond acceptors (Lipinski definition) is 2. The van der Waals surface area contributed by atoms with Crippen molar-refractivity contribution < 1.29 is 14.0 Å². The summed E-state index contributed by atoms with van der Waals surface area (Å²) in [5.74, 6) is -0.944. The summed E-state index contributed by atoms with van der Waals surface area (Å²) in [7, 11) is 0. The average Bonchev–Trinajstić information content (AvgIpc) is 3.26. The number of benzene rings is 1. The van der Waals surface area contributed by atoms with Gasteiger partial charge in [-0.15, -0.1) is 0 Å². The Hall–Kier alpha value is -2.63.